The summed E-state index contributed by atoms with van der Waals surface area (Å²) in [5, 5.41) is 14.4. The molecule has 6 nitrogen and oxygen atoms in total. The molecule has 0 fully saturated rings. The summed E-state index contributed by atoms with van der Waals surface area (Å²) in [7, 11) is 1.55. The first kappa shape index (κ1) is 17.3. The molecule has 0 heterocycles. The van der Waals surface area contributed by atoms with Crippen LogP contribution in [0, 0.1) is 0 Å². The maximum Gasteiger partial charge on any atom is 0.329 e. The molecule has 0 aliphatic carbocycles. The number of halogens is 1. The third kappa shape index (κ3) is 4.10. The Balaban J connectivity index is 2.81. The number of carbonyl (C=O) groups is 2. The Bertz CT molecular complexity index is 530. The quantitative estimate of drug-likeness (QED) is 0.728. The molecule has 1 rings (SSSR count). The highest BCUT2D eigenvalue weighted by Crippen LogP contribution is 2.27. The number of benzene rings is 1. The molecule has 0 aliphatic rings. The van der Waals surface area contributed by atoms with Crippen LogP contribution in [0.15, 0.2) is 22.7 Å². The molecule has 1 aromatic rings. The fourth-order valence-corrected chi connectivity index (χ4v) is 2.45. The number of nitrogens with one attached hydrogen (secondary N) is 2. The first-order valence-corrected chi connectivity index (χ1v) is 7.34. The number of urea groups is 1. The second-order valence-electron chi connectivity index (χ2n) is 4.52. The van der Waals surface area contributed by atoms with Gasteiger partial charge in [-0.3, -0.25) is 0 Å². The smallest absolute Gasteiger partial charge is 0.329 e. The number of carboxylic acid groups (broad SMARTS) is 1. The van der Waals surface area contributed by atoms with Gasteiger partial charge in [0.2, 0.25) is 0 Å². The monoisotopic (exact) mass is 358 g/mol. The van der Waals surface area contributed by atoms with Crippen LogP contribution in [0.3, 0.4) is 0 Å². The van der Waals surface area contributed by atoms with Gasteiger partial charge in [-0.05, 0) is 47.0 Å². The Morgan fingerprint density at radius 1 is 1.33 bits per heavy atom. The van der Waals surface area contributed by atoms with Crippen molar-refractivity contribution in [3.8, 4) is 5.75 Å². The van der Waals surface area contributed by atoms with Crippen molar-refractivity contribution < 1.29 is 19.4 Å². The highest BCUT2D eigenvalue weighted by Gasteiger charge is 2.36. The highest BCUT2D eigenvalue weighted by atomic mass is 79.9. The molecule has 0 unspecified atom stereocenters. The van der Waals surface area contributed by atoms with Crippen LogP contribution in [0.5, 0.6) is 5.75 Å². The van der Waals surface area contributed by atoms with Gasteiger partial charge < -0.3 is 20.5 Å². The van der Waals surface area contributed by atoms with Crippen molar-refractivity contribution >= 4 is 33.6 Å². The fraction of sp³-hybridized carbons (Fsp3) is 0.429. The summed E-state index contributed by atoms with van der Waals surface area (Å²) in [5.74, 6) is -0.401. The van der Waals surface area contributed by atoms with E-state index in [4.69, 9.17) is 4.74 Å². The number of rotatable bonds is 6. The minimum absolute atomic E-state index is 0.304. The zero-order chi connectivity index (χ0) is 16.0. The number of methoxy groups -OCH3 is 1. The van der Waals surface area contributed by atoms with Gasteiger partial charge in [0, 0.05) is 5.69 Å². The molecular weight excluding hydrogens is 340 g/mol. The molecule has 0 saturated heterocycles. The lowest BCUT2D eigenvalue weighted by Gasteiger charge is -2.28. The Morgan fingerprint density at radius 3 is 2.38 bits per heavy atom. The largest absolute Gasteiger partial charge is 0.496 e. The van der Waals surface area contributed by atoms with Gasteiger partial charge in [-0.1, -0.05) is 13.8 Å². The van der Waals surface area contributed by atoms with E-state index in [1.807, 2.05) is 0 Å². The van der Waals surface area contributed by atoms with Crippen LogP contribution in [0.1, 0.15) is 26.7 Å². The van der Waals surface area contributed by atoms with E-state index in [-0.39, 0.29) is 0 Å². The summed E-state index contributed by atoms with van der Waals surface area (Å²) in [6.07, 6.45) is 0.608. The number of carbonyl (C=O) groups excluding carboxylic acids is 1. The number of ether oxygens (including phenoxy) is 1. The van der Waals surface area contributed by atoms with Gasteiger partial charge in [0.1, 0.15) is 11.3 Å². The van der Waals surface area contributed by atoms with Crippen molar-refractivity contribution in [2.45, 2.75) is 32.2 Å². The van der Waals surface area contributed by atoms with E-state index < -0.39 is 17.5 Å². The molecule has 0 aliphatic heterocycles. The molecular formula is C14H19BrN2O4. The number of anilines is 1. The maximum atomic E-state index is 12.0. The van der Waals surface area contributed by atoms with Gasteiger partial charge >= 0.3 is 12.0 Å². The van der Waals surface area contributed by atoms with Gasteiger partial charge in [-0.25, -0.2) is 9.59 Å². The summed E-state index contributed by atoms with van der Waals surface area (Å²) < 4.78 is 5.79. The Hall–Kier alpha value is -1.76. The van der Waals surface area contributed by atoms with E-state index in [2.05, 4.69) is 26.6 Å². The number of hydrogen-bond donors (Lipinski definition) is 3. The standard InChI is InChI=1S/C14H19BrN2O4/c1-4-14(5-2,12(18)19)17-13(20)16-9-6-7-11(21-3)10(15)8-9/h6-8H,4-5H2,1-3H3,(H,18,19)(H2,16,17,20). The molecule has 2 amide bonds. The SMILES string of the molecule is CCC(CC)(NC(=O)Nc1ccc(OC)c(Br)c1)C(=O)O. The van der Waals surface area contributed by atoms with Gasteiger partial charge in [0.25, 0.3) is 0 Å². The predicted molar refractivity (Wildman–Crippen MR) is 83.8 cm³/mol. The minimum Gasteiger partial charge on any atom is -0.496 e. The van der Waals surface area contributed by atoms with Crippen molar-refractivity contribution in [1.29, 1.82) is 0 Å². The first-order valence-electron chi connectivity index (χ1n) is 6.54. The Kier molecular flexibility index (Phi) is 6.02. The molecule has 0 aromatic heterocycles. The topological polar surface area (TPSA) is 87.7 Å². The molecule has 116 valence electrons. The van der Waals surface area contributed by atoms with Crippen LogP contribution in [0.25, 0.3) is 0 Å². The molecule has 0 spiro atoms. The van der Waals surface area contributed by atoms with E-state index in [1.54, 1.807) is 39.2 Å². The summed E-state index contributed by atoms with van der Waals surface area (Å²) in [6.45, 7) is 3.45. The van der Waals surface area contributed by atoms with Crippen molar-refractivity contribution in [3.63, 3.8) is 0 Å². The number of aliphatic carboxylic acids is 1. The third-order valence-corrected chi connectivity index (χ3v) is 4.00. The molecule has 0 atom stereocenters. The second kappa shape index (κ2) is 7.31. The van der Waals surface area contributed by atoms with E-state index in [0.717, 1.165) is 0 Å². The summed E-state index contributed by atoms with van der Waals surface area (Å²) in [4.78, 5) is 23.3. The minimum atomic E-state index is -1.26. The highest BCUT2D eigenvalue weighted by molar-refractivity contribution is 9.10. The van der Waals surface area contributed by atoms with E-state index >= 15 is 0 Å². The molecule has 7 heteroatoms. The van der Waals surface area contributed by atoms with Gasteiger partial charge in [0.15, 0.2) is 0 Å². The van der Waals surface area contributed by atoms with Crippen molar-refractivity contribution in [1.82, 2.24) is 5.32 Å². The fourth-order valence-electron chi connectivity index (χ4n) is 1.91. The summed E-state index contributed by atoms with van der Waals surface area (Å²) in [6, 6.07) is 4.49. The number of amides is 2. The van der Waals surface area contributed by atoms with Crippen LogP contribution < -0.4 is 15.4 Å². The zero-order valence-corrected chi connectivity index (χ0v) is 13.8. The molecule has 21 heavy (non-hydrogen) atoms. The van der Waals surface area contributed by atoms with Crippen molar-refractivity contribution in [3.05, 3.63) is 22.7 Å². The molecule has 0 bridgehead atoms. The van der Waals surface area contributed by atoms with Crippen LogP contribution in [0.2, 0.25) is 0 Å². The van der Waals surface area contributed by atoms with E-state index in [0.29, 0.717) is 28.8 Å². The predicted octanol–water partition coefficient (Wildman–Crippen LogP) is 3.22. The number of carboxylic acids is 1. The van der Waals surface area contributed by atoms with Crippen molar-refractivity contribution in [2.24, 2.45) is 0 Å². The van der Waals surface area contributed by atoms with Crippen molar-refractivity contribution in [2.75, 3.05) is 12.4 Å². The molecule has 1 aromatic carbocycles. The lowest BCUT2D eigenvalue weighted by atomic mass is 9.93. The second-order valence-corrected chi connectivity index (χ2v) is 5.38. The molecule has 3 N–H and O–H groups in total. The third-order valence-electron chi connectivity index (χ3n) is 3.38. The van der Waals surface area contributed by atoms with Crippen LogP contribution >= 0.6 is 15.9 Å². The molecule has 0 radical (unpaired) electrons. The Morgan fingerprint density at radius 2 is 1.95 bits per heavy atom. The lowest BCUT2D eigenvalue weighted by Crippen LogP contribution is -2.54. The number of hydrogen-bond acceptors (Lipinski definition) is 3. The van der Waals surface area contributed by atoms with Gasteiger partial charge in [-0.2, -0.15) is 0 Å². The summed E-state index contributed by atoms with van der Waals surface area (Å²) in [5.41, 5.74) is -0.722. The van der Waals surface area contributed by atoms with Crippen LogP contribution in [-0.4, -0.2) is 29.8 Å². The van der Waals surface area contributed by atoms with E-state index in [1.165, 1.54) is 0 Å². The molecule has 0 saturated carbocycles. The van der Waals surface area contributed by atoms with Crippen LogP contribution in [-0.2, 0) is 4.79 Å². The normalized spacial score (nSPS) is 10.9. The summed E-state index contributed by atoms with van der Waals surface area (Å²) >= 11 is 3.32. The Labute approximate surface area is 132 Å². The maximum absolute atomic E-state index is 12.0. The van der Waals surface area contributed by atoms with Gasteiger partial charge in [-0.15, -0.1) is 0 Å². The van der Waals surface area contributed by atoms with Gasteiger partial charge in [0.05, 0.1) is 11.6 Å². The average Bonchev–Trinajstić information content (AvgIpc) is 2.44. The zero-order valence-electron chi connectivity index (χ0n) is 12.2. The van der Waals surface area contributed by atoms with Crippen LogP contribution in [0.4, 0.5) is 10.5 Å². The average molecular weight is 359 g/mol. The lowest BCUT2D eigenvalue weighted by molar-refractivity contribution is -0.144. The van der Waals surface area contributed by atoms with E-state index in [9.17, 15) is 14.7 Å². The first-order chi connectivity index (χ1) is 9.88.